The summed E-state index contributed by atoms with van der Waals surface area (Å²) in [5.74, 6) is 0.611. The van der Waals surface area contributed by atoms with Crippen molar-refractivity contribution in [2.45, 2.75) is 12.6 Å². The topological polar surface area (TPSA) is 41.3 Å². The Kier molecular flexibility index (Phi) is 7.61. The first kappa shape index (κ1) is 20.9. The van der Waals surface area contributed by atoms with E-state index in [1.807, 2.05) is 18.2 Å². The smallest absolute Gasteiger partial charge is 0.162 e. The summed E-state index contributed by atoms with van der Waals surface area (Å²) in [7, 11) is 0. The maximum Gasteiger partial charge on any atom is 0.162 e. The Hall–Kier alpha value is -1.44. The molecule has 0 aliphatic carbocycles. The molecule has 1 aliphatic rings. The number of furan rings is 1. The summed E-state index contributed by atoms with van der Waals surface area (Å²) in [4.78, 5) is 7.03. The molecule has 3 aromatic rings. The van der Waals surface area contributed by atoms with Gasteiger partial charge in [-0.15, -0.1) is 36.2 Å². The summed E-state index contributed by atoms with van der Waals surface area (Å²) in [5.41, 5.74) is 2.03. The van der Waals surface area contributed by atoms with Gasteiger partial charge in [0.2, 0.25) is 0 Å². The Morgan fingerprint density at radius 1 is 1.27 bits per heavy atom. The Morgan fingerprint density at radius 2 is 2.15 bits per heavy atom. The summed E-state index contributed by atoms with van der Waals surface area (Å²) >= 11 is 1.59. The molecule has 1 fully saturated rings. The van der Waals surface area contributed by atoms with Gasteiger partial charge in [0.15, 0.2) is 10.8 Å². The van der Waals surface area contributed by atoms with Gasteiger partial charge in [0, 0.05) is 37.6 Å². The highest BCUT2D eigenvalue weighted by Crippen LogP contribution is 2.28. The molecule has 4 nitrogen and oxygen atoms in total. The van der Waals surface area contributed by atoms with Crippen LogP contribution in [0.1, 0.15) is 17.3 Å². The summed E-state index contributed by atoms with van der Waals surface area (Å²) in [5, 5.41) is 6.37. The Labute approximate surface area is 168 Å². The molecule has 4 rings (SSSR count). The van der Waals surface area contributed by atoms with Crippen molar-refractivity contribution in [3.63, 3.8) is 0 Å². The van der Waals surface area contributed by atoms with Gasteiger partial charge in [-0.2, -0.15) is 0 Å². The number of piperazine rings is 1. The van der Waals surface area contributed by atoms with E-state index < -0.39 is 0 Å². The minimum absolute atomic E-state index is 0. The van der Waals surface area contributed by atoms with Crippen LogP contribution < -0.4 is 5.32 Å². The van der Waals surface area contributed by atoms with Gasteiger partial charge >= 0.3 is 0 Å². The van der Waals surface area contributed by atoms with Crippen LogP contribution in [0.25, 0.3) is 10.8 Å². The molecule has 0 bridgehead atoms. The van der Waals surface area contributed by atoms with Gasteiger partial charge in [0.05, 0.1) is 12.0 Å². The van der Waals surface area contributed by atoms with Crippen LogP contribution in [0, 0.1) is 5.82 Å². The van der Waals surface area contributed by atoms with E-state index in [-0.39, 0.29) is 36.7 Å². The number of benzene rings is 1. The summed E-state index contributed by atoms with van der Waals surface area (Å²) in [6.07, 6.45) is 1.66. The van der Waals surface area contributed by atoms with E-state index in [1.165, 1.54) is 6.07 Å². The molecule has 8 heteroatoms. The van der Waals surface area contributed by atoms with E-state index in [1.54, 1.807) is 29.7 Å². The van der Waals surface area contributed by atoms with Crippen LogP contribution in [-0.4, -0.2) is 29.5 Å². The zero-order valence-electron chi connectivity index (χ0n) is 13.9. The van der Waals surface area contributed by atoms with E-state index in [0.29, 0.717) is 0 Å². The second-order valence-electron chi connectivity index (χ2n) is 5.87. The highest BCUT2D eigenvalue weighted by Gasteiger charge is 2.25. The number of thiazole rings is 1. The molecule has 1 N–H and O–H groups in total. The number of hydrogen-bond donors (Lipinski definition) is 1. The number of rotatable bonds is 4. The quantitative estimate of drug-likeness (QED) is 0.679. The van der Waals surface area contributed by atoms with Gasteiger partial charge in [0.25, 0.3) is 0 Å². The lowest BCUT2D eigenvalue weighted by molar-refractivity contribution is 0.152. The molecule has 1 saturated heterocycles. The van der Waals surface area contributed by atoms with Gasteiger partial charge in [-0.3, -0.25) is 4.90 Å². The van der Waals surface area contributed by atoms with Crippen molar-refractivity contribution < 1.29 is 8.81 Å². The molecular formula is C18H20Cl2FN3OS. The van der Waals surface area contributed by atoms with Crippen LogP contribution in [0.2, 0.25) is 0 Å². The minimum atomic E-state index is -0.188. The molecule has 1 unspecified atom stereocenters. The van der Waals surface area contributed by atoms with E-state index in [4.69, 9.17) is 4.42 Å². The molecule has 3 heterocycles. The van der Waals surface area contributed by atoms with E-state index in [2.05, 4.69) is 20.6 Å². The molecular weight excluding hydrogens is 396 g/mol. The maximum absolute atomic E-state index is 13.6. The Morgan fingerprint density at radius 3 is 2.92 bits per heavy atom. The summed E-state index contributed by atoms with van der Waals surface area (Å²) in [6.45, 7) is 3.41. The minimum Gasteiger partial charge on any atom is -0.462 e. The Balaban J connectivity index is 0.00000121. The van der Waals surface area contributed by atoms with Crippen molar-refractivity contribution in [1.82, 2.24) is 15.2 Å². The largest absolute Gasteiger partial charge is 0.462 e. The molecule has 0 radical (unpaired) electrons. The lowest BCUT2D eigenvalue weighted by atomic mass is 10.0. The number of aromatic nitrogens is 1. The first-order chi connectivity index (χ1) is 11.8. The SMILES string of the molecule is Cl.Cl.Fc1cccc(C2CNCCN2Cc2csc(-c3ccco3)n2)c1. The predicted octanol–water partition coefficient (Wildman–Crippen LogP) is 4.53. The number of hydrogen-bond acceptors (Lipinski definition) is 5. The standard InChI is InChI=1S/C18H18FN3OS.2ClH/c19-14-4-1-3-13(9-14)16-10-20-6-7-22(16)11-15-12-24-18(21-15)17-5-2-8-23-17;;/h1-5,8-9,12,16,20H,6-7,10-11H2;2*1H. The average molecular weight is 416 g/mol. The third-order valence-corrected chi connectivity index (χ3v) is 5.14. The monoisotopic (exact) mass is 415 g/mol. The molecule has 140 valence electrons. The molecule has 2 aromatic heterocycles. The van der Waals surface area contributed by atoms with Crippen LogP contribution in [-0.2, 0) is 6.54 Å². The van der Waals surface area contributed by atoms with E-state index in [0.717, 1.165) is 48.2 Å². The van der Waals surface area contributed by atoms with Gasteiger partial charge in [-0.05, 0) is 29.8 Å². The second kappa shape index (κ2) is 9.48. The third-order valence-electron chi connectivity index (χ3n) is 4.24. The van der Waals surface area contributed by atoms with Crippen molar-refractivity contribution in [3.8, 4) is 10.8 Å². The van der Waals surface area contributed by atoms with Crippen LogP contribution in [0.3, 0.4) is 0 Å². The normalized spacial score (nSPS) is 17.3. The van der Waals surface area contributed by atoms with Gasteiger partial charge in [-0.25, -0.2) is 9.37 Å². The van der Waals surface area contributed by atoms with Crippen molar-refractivity contribution in [3.05, 3.63) is 65.1 Å². The molecule has 1 atom stereocenters. The van der Waals surface area contributed by atoms with Crippen molar-refractivity contribution in [2.24, 2.45) is 0 Å². The van der Waals surface area contributed by atoms with Gasteiger partial charge in [-0.1, -0.05) is 12.1 Å². The fourth-order valence-corrected chi connectivity index (χ4v) is 3.86. The number of halogens is 3. The van der Waals surface area contributed by atoms with Crippen LogP contribution in [0.4, 0.5) is 4.39 Å². The summed E-state index contributed by atoms with van der Waals surface area (Å²) in [6, 6.07) is 10.8. The van der Waals surface area contributed by atoms with Crippen molar-refractivity contribution in [1.29, 1.82) is 0 Å². The number of nitrogens with one attached hydrogen (secondary N) is 1. The zero-order chi connectivity index (χ0) is 16.4. The maximum atomic E-state index is 13.6. The molecule has 26 heavy (non-hydrogen) atoms. The highest BCUT2D eigenvalue weighted by molar-refractivity contribution is 7.13. The molecule has 0 amide bonds. The molecule has 0 spiro atoms. The van der Waals surface area contributed by atoms with Crippen molar-refractivity contribution in [2.75, 3.05) is 19.6 Å². The molecule has 0 saturated carbocycles. The zero-order valence-corrected chi connectivity index (χ0v) is 16.4. The first-order valence-corrected chi connectivity index (χ1v) is 8.86. The fraction of sp³-hybridized carbons (Fsp3) is 0.278. The average Bonchev–Trinajstić information content (AvgIpc) is 3.26. The predicted molar refractivity (Wildman–Crippen MR) is 107 cm³/mol. The third kappa shape index (κ3) is 4.64. The highest BCUT2D eigenvalue weighted by atomic mass is 35.5. The lowest BCUT2D eigenvalue weighted by Gasteiger charge is -2.36. The second-order valence-corrected chi connectivity index (χ2v) is 6.72. The van der Waals surface area contributed by atoms with E-state index in [9.17, 15) is 4.39 Å². The number of nitrogens with zero attached hydrogens (tertiary/aromatic N) is 2. The summed E-state index contributed by atoms with van der Waals surface area (Å²) < 4.78 is 19.0. The molecule has 1 aliphatic heterocycles. The van der Waals surface area contributed by atoms with Gasteiger partial charge in [0.1, 0.15) is 5.82 Å². The molecule has 1 aromatic carbocycles. The Bertz CT molecular complexity index is 812. The lowest BCUT2D eigenvalue weighted by Crippen LogP contribution is -2.45. The van der Waals surface area contributed by atoms with Crippen LogP contribution >= 0.6 is 36.2 Å². The van der Waals surface area contributed by atoms with E-state index >= 15 is 0 Å². The van der Waals surface area contributed by atoms with Crippen LogP contribution in [0.15, 0.2) is 52.5 Å². The van der Waals surface area contributed by atoms with Gasteiger partial charge < -0.3 is 9.73 Å². The first-order valence-electron chi connectivity index (χ1n) is 7.98. The van der Waals surface area contributed by atoms with Crippen molar-refractivity contribution >= 4 is 36.2 Å². The fourth-order valence-electron chi connectivity index (χ4n) is 3.08. The van der Waals surface area contributed by atoms with Crippen LogP contribution in [0.5, 0.6) is 0 Å².